The molecule has 0 bridgehead atoms. The molecule has 0 aliphatic carbocycles. The third kappa shape index (κ3) is 3.27. The second-order valence-corrected chi connectivity index (χ2v) is 5.17. The van der Waals surface area contributed by atoms with Gasteiger partial charge in [-0.25, -0.2) is 0 Å². The van der Waals surface area contributed by atoms with Gasteiger partial charge in [-0.05, 0) is 25.0 Å². The van der Waals surface area contributed by atoms with Crippen molar-refractivity contribution in [2.75, 3.05) is 18.8 Å². The Balaban J connectivity index is 1.73. The monoisotopic (exact) mass is 235 g/mol. The van der Waals surface area contributed by atoms with Crippen LogP contribution in [0.25, 0.3) is 0 Å². The van der Waals surface area contributed by atoms with E-state index < -0.39 is 0 Å². The average Bonchev–Trinajstić information content (AvgIpc) is 2.33. The molecule has 86 valence electrons. The molecular formula is C13H17NOS. The molecule has 0 spiro atoms. The number of amides is 1. The van der Waals surface area contributed by atoms with Gasteiger partial charge >= 0.3 is 0 Å². The van der Waals surface area contributed by atoms with Crippen LogP contribution in [0.1, 0.15) is 19.3 Å². The summed E-state index contributed by atoms with van der Waals surface area (Å²) in [7, 11) is 0. The zero-order valence-electron chi connectivity index (χ0n) is 9.39. The number of hydrogen-bond donors (Lipinski definition) is 0. The first-order chi connectivity index (χ1) is 7.86. The van der Waals surface area contributed by atoms with Crippen LogP contribution in [0, 0.1) is 0 Å². The fourth-order valence-corrected chi connectivity index (χ4v) is 2.79. The van der Waals surface area contributed by atoms with E-state index in [1.807, 2.05) is 34.9 Å². The van der Waals surface area contributed by atoms with Crippen molar-refractivity contribution in [2.24, 2.45) is 0 Å². The summed E-state index contributed by atoms with van der Waals surface area (Å²) < 4.78 is 0. The zero-order valence-corrected chi connectivity index (χ0v) is 10.2. The van der Waals surface area contributed by atoms with E-state index in [0.717, 1.165) is 31.7 Å². The summed E-state index contributed by atoms with van der Waals surface area (Å²) in [5, 5.41) is 0. The number of carbonyl (C=O) groups excluding carboxylic acids is 1. The molecule has 0 unspecified atom stereocenters. The molecule has 3 heteroatoms. The van der Waals surface area contributed by atoms with Crippen molar-refractivity contribution in [2.45, 2.75) is 24.2 Å². The average molecular weight is 235 g/mol. The Labute approximate surface area is 101 Å². The van der Waals surface area contributed by atoms with Gasteiger partial charge in [-0.1, -0.05) is 18.2 Å². The highest BCUT2D eigenvalue weighted by molar-refractivity contribution is 7.99. The minimum Gasteiger partial charge on any atom is -0.342 e. The van der Waals surface area contributed by atoms with E-state index in [-0.39, 0.29) is 0 Å². The van der Waals surface area contributed by atoms with E-state index in [9.17, 15) is 4.79 Å². The maximum Gasteiger partial charge on any atom is 0.222 e. The summed E-state index contributed by atoms with van der Waals surface area (Å²) in [6.45, 7) is 1.84. The third-order valence-electron chi connectivity index (χ3n) is 2.79. The lowest BCUT2D eigenvalue weighted by molar-refractivity contribution is -0.132. The highest BCUT2D eigenvalue weighted by atomic mass is 32.2. The molecular weight excluding hydrogens is 218 g/mol. The van der Waals surface area contributed by atoms with Crippen molar-refractivity contribution in [1.29, 1.82) is 0 Å². The summed E-state index contributed by atoms with van der Waals surface area (Å²) in [5.41, 5.74) is 0. The Morgan fingerprint density at radius 3 is 2.75 bits per heavy atom. The largest absolute Gasteiger partial charge is 0.342 e. The molecule has 1 saturated heterocycles. The van der Waals surface area contributed by atoms with E-state index >= 15 is 0 Å². The fourth-order valence-electron chi connectivity index (χ4n) is 1.89. The quantitative estimate of drug-likeness (QED) is 0.748. The first-order valence-electron chi connectivity index (χ1n) is 5.82. The number of nitrogens with zero attached hydrogens (tertiary/aromatic N) is 1. The Hall–Kier alpha value is -0.960. The predicted molar refractivity (Wildman–Crippen MR) is 67.6 cm³/mol. The molecule has 1 aliphatic heterocycles. The number of carbonyl (C=O) groups is 1. The Morgan fingerprint density at radius 1 is 1.19 bits per heavy atom. The van der Waals surface area contributed by atoms with Crippen LogP contribution in [-0.4, -0.2) is 29.6 Å². The SMILES string of the molecule is O=C1CCCCN1CCSc1ccccc1. The number of rotatable bonds is 4. The van der Waals surface area contributed by atoms with Gasteiger partial charge in [0.15, 0.2) is 0 Å². The van der Waals surface area contributed by atoms with Crippen LogP contribution in [0.3, 0.4) is 0 Å². The lowest BCUT2D eigenvalue weighted by Crippen LogP contribution is -2.36. The van der Waals surface area contributed by atoms with Gasteiger partial charge in [0, 0.05) is 30.2 Å². The fraction of sp³-hybridized carbons (Fsp3) is 0.462. The number of hydrogen-bond acceptors (Lipinski definition) is 2. The van der Waals surface area contributed by atoms with Crippen molar-refractivity contribution in [3.8, 4) is 0 Å². The molecule has 1 aliphatic rings. The van der Waals surface area contributed by atoms with Crippen LogP contribution in [-0.2, 0) is 4.79 Å². The number of benzene rings is 1. The summed E-state index contributed by atoms with van der Waals surface area (Å²) in [4.78, 5) is 14.8. The van der Waals surface area contributed by atoms with Gasteiger partial charge < -0.3 is 4.90 Å². The zero-order chi connectivity index (χ0) is 11.2. The minimum atomic E-state index is 0.333. The topological polar surface area (TPSA) is 20.3 Å². The van der Waals surface area contributed by atoms with Gasteiger partial charge in [-0.3, -0.25) is 4.79 Å². The van der Waals surface area contributed by atoms with Crippen LogP contribution in [0.2, 0.25) is 0 Å². The van der Waals surface area contributed by atoms with Crippen molar-refractivity contribution in [3.05, 3.63) is 30.3 Å². The minimum absolute atomic E-state index is 0.333. The van der Waals surface area contributed by atoms with Gasteiger partial charge in [-0.15, -0.1) is 11.8 Å². The molecule has 1 amide bonds. The first kappa shape index (κ1) is 11.5. The van der Waals surface area contributed by atoms with Crippen molar-refractivity contribution < 1.29 is 4.79 Å². The standard InChI is InChI=1S/C13H17NOS/c15-13-8-4-5-9-14(13)10-11-16-12-6-2-1-3-7-12/h1-3,6-7H,4-5,8-11H2. The third-order valence-corrected chi connectivity index (χ3v) is 3.79. The summed E-state index contributed by atoms with van der Waals surface area (Å²) in [5.74, 6) is 1.33. The van der Waals surface area contributed by atoms with E-state index in [0.29, 0.717) is 5.91 Å². The molecule has 1 aromatic rings. The molecule has 0 atom stereocenters. The normalized spacial score (nSPS) is 16.5. The van der Waals surface area contributed by atoms with E-state index in [4.69, 9.17) is 0 Å². The van der Waals surface area contributed by atoms with Crippen LogP contribution in [0.4, 0.5) is 0 Å². The number of thioether (sulfide) groups is 1. The van der Waals surface area contributed by atoms with Gasteiger partial charge in [0.1, 0.15) is 0 Å². The maximum atomic E-state index is 11.6. The lowest BCUT2D eigenvalue weighted by atomic mass is 10.1. The van der Waals surface area contributed by atoms with Crippen LogP contribution < -0.4 is 0 Å². The van der Waals surface area contributed by atoms with Gasteiger partial charge in [0.25, 0.3) is 0 Å². The van der Waals surface area contributed by atoms with Gasteiger partial charge in [0.2, 0.25) is 5.91 Å². The van der Waals surface area contributed by atoms with Crippen LogP contribution >= 0.6 is 11.8 Å². The molecule has 0 radical (unpaired) electrons. The van der Waals surface area contributed by atoms with Gasteiger partial charge in [0.05, 0.1) is 0 Å². The summed E-state index contributed by atoms with van der Waals surface area (Å²) >= 11 is 1.82. The molecule has 1 heterocycles. The Morgan fingerprint density at radius 2 is 2.00 bits per heavy atom. The molecule has 0 saturated carbocycles. The highest BCUT2D eigenvalue weighted by Gasteiger charge is 2.16. The van der Waals surface area contributed by atoms with Crippen molar-refractivity contribution >= 4 is 17.7 Å². The summed E-state index contributed by atoms with van der Waals surface area (Å²) in [6, 6.07) is 10.4. The maximum absolute atomic E-state index is 11.6. The van der Waals surface area contributed by atoms with Crippen LogP contribution in [0.5, 0.6) is 0 Å². The predicted octanol–water partition coefficient (Wildman–Crippen LogP) is 2.79. The molecule has 2 rings (SSSR count). The smallest absolute Gasteiger partial charge is 0.222 e. The Kier molecular flexibility index (Phi) is 4.28. The number of piperidine rings is 1. The molecule has 1 fully saturated rings. The number of likely N-dealkylation sites (tertiary alicyclic amines) is 1. The van der Waals surface area contributed by atoms with Crippen LogP contribution in [0.15, 0.2) is 35.2 Å². The molecule has 0 N–H and O–H groups in total. The Bertz CT molecular complexity index is 339. The van der Waals surface area contributed by atoms with E-state index in [1.54, 1.807) is 0 Å². The lowest BCUT2D eigenvalue weighted by Gasteiger charge is -2.26. The molecule has 2 nitrogen and oxygen atoms in total. The first-order valence-corrected chi connectivity index (χ1v) is 6.80. The van der Waals surface area contributed by atoms with E-state index in [1.165, 1.54) is 11.3 Å². The highest BCUT2D eigenvalue weighted by Crippen LogP contribution is 2.18. The molecule has 0 aromatic heterocycles. The van der Waals surface area contributed by atoms with Gasteiger partial charge in [-0.2, -0.15) is 0 Å². The molecule has 1 aromatic carbocycles. The second kappa shape index (κ2) is 5.94. The summed E-state index contributed by atoms with van der Waals surface area (Å²) in [6.07, 6.45) is 2.99. The molecule has 16 heavy (non-hydrogen) atoms. The van der Waals surface area contributed by atoms with Crippen molar-refractivity contribution in [3.63, 3.8) is 0 Å². The van der Waals surface area contributed by atoms with Crippen molar-refractivity contribution in [1.82, 2.24) is 4.90 Å². The second-order valence-electron chi connectivity index (χ2n) is 4.00. The van der Waals surface area contributed by atoms with E-state index in [2.05, 4.69) is 12.1 Å².